The third-order valence-corrected chi connectivity index (χ3v) is 4.35. The molecule has 1 N–H and O–H groups in total. The molecule has 0 aliphatic heterocycles. The van der Waals surface area contributed by atoms with E-state index in [-0.39, 0.29) is 0 Å². The van der Waals surface area contributed by atoms with Crippen LogP contribution in [0.5, 0.6) is 0 Å². The Labute approximate surface area is 132 Å². The summed E-state index contributed by atoms with van der Waals surface area (Å²) >= 11 is 5.19. The third kappa shape index (κ3) is 4.54. The van der Waals surface area contributed by atoms with Crippen molar-refractivity contribution in [2.75, 3.05) is 11.9 Å². The van der Waals surface area contributed by atoms with Crippen LogP contribution in [0, 0.1) is 0 Å². The van der Waals surface area contributed by atoms with Gasteiger partial charge in [0.25, 0.3) is 0 Å². The zero-order chi connectivity index (χ0) is 14.5. The first-order valence-corrected chi connectivity index (χ1v) is 8.20. The van der Waals surface area contributed by atoms with Crippen LogP contribution in [-0.4, -0.2) is 23.1 Å². The van der Waals surface area contributed by atoms with E-state index in [2.05, 4.69) is 61.4 Å². The van der Waals surface area contributed by atoms with Crippen LogP contribution in [0.2, 0.25) is 0 Å². The molecule has 0 saturated heterocycles. The van der Waals surface area contributed by atoms with E-state index in [9.17, 15) is 0 Å². The van der Waals surface area contributed by atoms with Gasteiger partial charge in [-0.05, 0) is 32.9 Å². The van der Waals surface area contributed by atoms with Gasteiger partial charge in [0.05, 0.1) is 15.7 Å². The van der Waals surface area contributed by atoms with Crippen LogP contribution in [0.4, 0.5) is 5.82 Å². The monoisotopic (exact) mass is 354 g/mol. The largest absolute Gasteiger partial charge is 0.354 e. The number of rotatable bonds is 6. The number of thiophene rings is 1. The predicted molar refractivity (Wildman–Crippen MR) is 88.1 cm³/mol. The molecular formula is C14H19BrN4S. The quantitative estimate of drug-likeness (QED) is 0.862. The van der Waals surface area contributed by atoms with E-state index in [0.29, 0.717) is 6.04 Å². The highest BCUT2D eigenvalue weighted by Gasteiger charge is 2.07. The lowest BCUT2D eigenvalue weighted by atomic mass is 10.3. The van der Waals surface area contributed by atoms with Gasteiger partial charge in [-0.2, -0.15) is 0 Å². The molecule has 108 valence electrons. The summed E-state index contributed by atoms with van der Waals surface area (Å²) < 4.78 is 1.15. The van der Waals surface area contributed by atoms with E-state index in [0.717, 1.165) is 28.4 Å². The van der Waals surface area contributed by atoms with Gasteiger partial charge in [-0.15, -0.1) is 11.3 Å². The maximum absolute atomic E-state index is 4.64. The van der Waals surface area contributed by atoms with Gasteiger partial charge in [0.1, 0.15) is 5.82 Å². The molecule has 0 saturated carbocycles. The minimum atomic E-state index is 0.446. The summed E-state index contributed by atoms with van der Waals surface area (Å²) in [7, 11) is 2.04. The first-order chi connectivity index (χ1) is 9.54. The minimum absolute atomic E-state index is 0.446. The normalized spacial score (nSPS) is 11.1. The summed E-state index contributed by atoms with van der Waals surface area (Å²) in [5.74, 6) is 0.898. The van der Waals surface area contributed by atoms with Crippen LogP contribution in [-0.2, 0) is 13.1 Å². The second-order valence-electron chi connectivity index (χ2n) is 5.02. The van der Waals surface area contributed by atoms with Gasteiger partial charge in [-0.3, -0.25) is 4.98 Å². The SMILES string of the molecule is CC(C)NCc1cncc(N(C)Cc2csc(Br)c2)n1. The average Bonchev–Trinajstić information content (AvgIpc) is 2.82. The number of anilines is 1. The molecule has 2 aromatic rings. The van der Waals surface area contributed by atoms with Crippen molar-refractivity contribution >= 4 is 33.1 Å². The van der Waals surface area contributed by atoms with Crippen LogP contribution >= 0.6 is 27.3 Å². The van der Waals surface area contributed by atoms with Crippen molar-refractivity contribution in [3.63, 3.8) is 0 Å². The summed E-state index contributed by atoms with van der Waals surface area (Å²) in [6.07, 6.45) is 3.62. The summed E-state index contributed by atoms with van der Waals surface area (Å²) in [6.45, 7) is 5.82. The molecule has 0 atom stereocenters. The van der Waals surface area contributed by atoms with E-state index in [1.165, 1.54) is 5.56 Å². The highest BCUT2D eigenvalue weighted by molar-refractivity contribution is 9.11. The van der Waals surface area contributed by atoms with Crippen molar-refractivity contribution in [2.24, 2.45) is 0 Å². The topological polar surface area (TPSA) is 41.1 Å². The van der Waals surface area contributed by atoms with Gasteiger partial charge >= 0.3 is 0 Å². The minimum Gasteiger partial charge on any atom is -0.354 e. The van der Waals surface area contributed by atoms with Gasteiger partial charge in [-0.25, -0.2) is 4.98 Å². The number of hydrogen-bond acceptors (Lipinski definition) is 5. The van der Waals surface area contributed by atoms with E-state index in [1.807, 2.05) is 13.2 Å². The van der Waals surface area contributed by atoms with Crippen molar-refractivity contribution in [1.29, 1.82) is 0 Å². The highest BCUT2D eigenvalue weighted by atomic mass is 79.9. The van der Waals surface area contributed by atoms with Crippen molar-refractivity contribution < 1.29 is 0 Å². The molecule has 2 aromatic heterocycles. The number of nitrogens with zero attached hydrogens (tertiary/aromatic N) is 3. The summed E-state index contributed by atoms with van der Waals surface area (Å²) in [6, 6.07) is 2.58. The Morgan fingerprint density at radius 1 is 1.40 bits per heavy atom. The lowest BCUT2D eigenvalue weighted by Crippen LogP contribution is -2.23. The lowest BCUT2D eigenvalue weighted by Gasteiger charge is -2.18. The smallest absolute Gasteiger partial charge is 0.147 e. The number of nitrogens with one attached hydrogen (secondary N) is 1. The predicted octanol–water partition coefficient (Wildman–Crippen LogP) is 3.44. The van der Waals surface area contributed by atoms with Gasteiger partial charge in [0.2, 0.25) is 0 Å². The highest BCUT2D eigenvalue weighted by Crippen LogP contribution is 2.22. The van der Waals surface area contributed by atoms with E-state index >= 15 is 0 Å². The summed E-state index contributed by atoms with van der Waals surface area (Å²) in [5.41, 5.74) is 2.24. The fourth-order valence-corrected chi connectivity index (χ4v) is 2.96. The maximum atomic E-state index is 4.64. The molecule has 0 bridgehead atoms. The van der Waals surface area contributed by atoms with E-state index in [1.54, 1.807) is 17.5 Å². The third-order valence-electron chi connectivity index (χ3n) is 2.80. The molecular weight excluding hydrogens is 336 g/mol. The molecule has 0 aliphatic rings. The molecule has 0 aliphatic carbocycles. The van der Waals surface area contributed by atoms with Crippen molar-refractivity contribution in [1.82, 2.24) is 15.3 Å². The molecule has 6 heteroatoms. The Morgan fingerprint density at radius 2 is 2.20 bits per heavy atom. The van der Waals surface area contributed by atoms with E-state index in [4.69, 9.17) is 0 Å². The Balaban J connectivity index is 2.02. The number of hydrogen-bond donors (Lipinski definition) is 1. The van der Waals surface area contributed by atoms with Crippen LogP contribution in [0.25, 0.3) is 0 Å². The molecule has 2 heterocycles. The average molecular weight is 355 g/mol. The van der Waals surface area contributed by atoms with Crippen LogP contribution in [0.3, 0.4) is 0 Å². The van der Waals surface area contributed by atoms with Gasteiger partial charge in [0.15, 0.2) is 0 Å². The Hall–Kier alpha value is -0.980. The van der Waals surface area contributed by atoms with Crippen LogP contribution < -0.4 is 10.2 Å². The zero-order valence-corrected chi connectivity index (χ0v) is 14.3. The molecule has 0 aromatic carbocycles. The second-order valence-corrected chi connectivity index (χ2v) is 7.31. The lowest BCUT2D eigenvalue weighted by molar-refractivity contribution is 0.580. The van der Waals surface area contributed by atoms with E-state index < -0.39 is 0 Å². The van der Waals surface area contributed by atoms with Crippen LogP contribution in [0.15, 0.2) is 27.6 Å². The first-order valence-electron chi connectivity index (χ1n) is 6.53. The van der Waals surface area contributed by atoms with Gasteiger partial charge in [0, 0.05) is 32.4 Å². The standard InChI is InChI=1S/C14H19BrN4S/c1-10(2)17-6-12-5-16-7-14(18-12)19(3)8-11-4-13(15)20-9-11/h4-5,7,9-10,17H,6,8H2,1-3H3. The Kier molecular flexibility index (Phi) is 5.51. The molecule has 0 spiro atoms. The number of aromatic nitrogens is 2. The first kappa shape index (κ1) is 15.4. The maximum Gasteiger partial charge on any atom is 0.147 e. The van der Waals surface area contributed by atoms with Crippen molar-refractivity contribution in [3.05, 3.63) is 38.9 Å². The summed E-state index contributed by atoms with van der Waals surface area (Å²) in [4.78, 5) is 11.0. The van der Waals surface area contributed by atoms with Crippen molar-refractivity contribution in [2.45, 2.75) is 33.0 Å². The molecule has 4 nitrogen and oxygen atoms in total. The van der Waals surface area contributed by atoms with Crippen LogP contribution in [0.1, 0.15) is 25.1 Å². The molecule has 0 amide bonds. The summed E-state index contributed by atoms with van der Waals surface area (Å²) in [5, 5.41) is 5.51. The zero-order valence-electron chi connectivity index (χ0n) is 11.9. The van der Waals surface area contributed by atoms with Gasteiger partial charge < -0.3 is 10.2 Å². The molecule has 0 fully saturated rings. The molecule has 2 rings (SSSR count). The fourth-order valence-electron chi connectivity index (χ4n) is 1.76. The second kappa shape index (κ2) is 7.15. The molecule has 0 radical (unpaired) electrons. The number of halogens is 1. The van der Waals surface area contributed by atoms with Crippen molar-refractivity contribution in [3.8, 4) is 0 Å². The van der Waals surface area contributed by atoms with Gasteiger partial charge in [-0.1, -0.05) is 13.8 Å². The Morgan fingerprint density at radius 3 is 2.85 bits per heavy atom. The molecule has 0 unspecified atom stereocenters. The Bertz CT molecular complexity index is 556. The fraction of sp³-hybridized carbons (Fsp3) is 0.429. The molecule has 20 heavy (non-hydrogen) atoms.